The van der Waals surface area contributed by atoms with Crippen LogP contribution in [0.25, 0.3) is 0 Å². The number of carbonyl (C=O) groups is 1. The lowest BCUT2D eigenvalue weighted by Gasteiger charge is -2.15. The number of carboxylic acids is 1. The fraction of sp³-hybridized carbons (Fsp3) is 0.222. The van der Waals surface area contributed by atoms with Crippen molar-refractivity contribution in [3.8, 4) is 0 Å². The van der Waals surface area contributed by atoms with E-state index < -0.39 is 18.1 Å². The SMILES string of the molecule is N[C@H](C(=O)O)[C@@H](N)c1ccccc1. The van der Waals surface area contributed by atoms with Gasteiger partial charge in [-0.1, -0.05) is 30.3 Å². The van der Waals surface area contributed by atoms with Crippen LogP contribution in [-0.2, 0) is 4.79 Å². The van der Waals surface area contributed by atoms with Crippen LogP contribution in [0.15, 0.2) is 30.3 Å². The molecule has 0 fully saturated rings. The molecule has 1 rings (SSSR count). The van der Waals surface area contributed by atoms with E-state index in [1.165, 1.54) is 0 Å². The minimum atomic E-state index is -1.09. The van der Waals surface area contributed by atoms with Gasteiger partial charge in [-0.15, -0.1) is 0 Å². The molecule has 0 aromatic heterocycles. The maximum atomic E-state index is 10.5. The molecule has 5 N–H and O–H groups in total. The van der Waals surface area contributed by atoms with E-state index in [9.17, 15) is 4.79 Å². The van der Waals surface area contributed by atoms with Gasteiger partial charge in [0.1, 0.15) is 6.04 Å². The van der Waals surface area contributed by atoms with Crippen LogP contribution in [0.4, 0.5) is 0 Å². The highest BCUT2D eigenvalue weighted by Gasteiger charge is 2.21. The minimum Gasteiger partial charge on any atom is -0.480 e. The molecule has 70 valence electrons. The molecule has 0 aliphatic carbocycles. The maximum absolute atomic E-state index is 10.5. The van der Waals surface area contributed by atoms with Crippen molar-refractivity contribution in [2.45, 2.75) is 12.1 Å². The minimum absolute atomic E-state index is 0.654. The van der Waals surface area contributed by atoms with Crippen LogP contribution in [0.2, 0.25) is 0 Å². The van der Waals surface area contributed by atoms with E-state index in [1.807, 2.05) is 6.07 Å². The van der Waals surface area contributed by atoms with Crippen LogP contribution >= 0.6 is 0 Å². The summed E-state index contributed by atoms with van der Waals surface area (Å²) < 4.78 is 0. The molecule has 0 amide bonds. The molecule has 0 aliphatic rings. The standard InChI is InChI=1S/C9H12N2O2/c10-7(8(11)9(12)13)6-4-2-1-3-5-6/h1-5,7-8H,10-11H2,(H,12,13)/t7-,8-/m0/s1. The molecule has 0 heterocycles. The molecule has 1 aromatic carbocycles. The highest BCUT2D eigenvalue weighted by molar-refractivity contribution is 5.74. The Balaban J connectivity index is 2.79. The number of benzene rings is 1. The van der Waals surface area contributed by atoms with Crippen molar-refractivity contribution in [2.75, 3.05) is 0 Å². The summed E-state index contributed by atoms with van der Waals surface area (Å²) in [5, 5.41) is 8.61. The van der Waals surface area contributed by atoms with Crippen LogP contribution in [0.1, 0.15) is 11.6 Å². The molecule has 0 unspecified atom stereocenters. The van der Waals surface area contributed by atoms with Crippen LogP contribution in [0, 0.1) is 0 Å². The second kappa shape index (κ2) is 4.02. The monoisotopic (exact) mass is 180 g/mol. The second-order valence-electron chi connectivity index (χ2n) is 2.80. The molecule has 0 bridgehead atoms. The average molecular weight is 180 g/mol. The average Bonchev–Trinajstić information content (AvgIpc) is 2.17. The Morgan fingerprint density at radius 2 is 1.77 bits per heavy atom. The smallest absolute Gasteiger partial charge is 0.322 e. The normalized spacial score (nSPS) is 14.9. The Labute approximate surface area is 76.2 Å². The molecule has 0 spiro atoms. The van der Waals surface area contributed by atoms with Crippen LogP contribution in [0.3, 0.4) is 0 Å². The summed E-state index contributed by atoms with van der Waals surface area (Å²) in [6.45, 7) is 0. The molecule has 0 saturated heterocycles. The second-order valence-corrected chi connectivity index (χ2v) is 2.80. The largest absolute Gasteiger partial charge is 0.480 e. The van der Waals surface area contributed by atoms with Gasteiger partial charge < -0.3 is 16.6 Å². The van der Waals surface area contributed by atoms with Gasteiger partial charge in [-0.25, -0.2) is 0 Å². The number of carboxylic acid groups (broad SMARTS) is 1. The number of aliphatic carboxylic acids is 1. The van der Waals surface area contributed by atoms with Crippen molar-refractivity contribution in [3.63, 3.8) is 0 Å². The van der Waals surface area contributed by atoms with E-state index in [0.717, 1.165) is 5.56 Å². The van der Waals surface area contributed by atoms with Crippen molar-refractivity contribution in [1.29, 1.82) is 0 Å². The Hall–Kier alpha value is -1.39. The van der Waals surface area contributed by atoms with Gasteiger partial charge >= 0.3 is 5.97 Å². The first-order valence-electron chi connectivity index (χ1n) is 3.92. The fourth-order valence-corrected chi connectivity index (χ4v) is 1.04. The van der Waals surface area contributed by atoms with Crippen LogP contribution < -0.4 is 11.5 Å². The third-order valence-electron chi connectivity index (χ3n) is 1.86. The molecule has 0 saturated carbocycles. The van der Waals surface area contributed by atoms with E-state index in [-0.39, 0.29) is 0 Å². The lowest BCUT2D eigenvalue weighted by molar-refractivity contribution is -0.139. The summed E-state index contributed by atoms with van der Waals surface area (Å²) in [5.74, 6) is -1.09. The Morgan fingerprint density at radius 3 is 2.23 bits per heavy atom. The summed E-state index contributed by atoms with van der Waals surface area (Å²) in [6, 6.07) is 7.23. The lowest BCUT2D eigenvalue weighted by Crippen LogP contribution is -2.40. The molecule has 0 radical (unpaired) electrons. The van der Waals surface area contributed by atoms with Crippen LogP contribution in [-0.4, -0.2) is 17.1 Å². The highest BCUT2D eigenvalue weighted by atomic mass is 16.4. The van der Waals surface area contributed by atoms with Crippen molar-refractivity contribution < 1.29 is 9.90 Å². The molecule has 4 nitrogen and oxygen atoms in total. The Bertz CT molecular complexity index is 287. The first-order chi connectivity index (χ1) is 6.13. The first-order valence-corrected chi connectivity index (χ1v) is 3.92. The van der Waals surface area contributed by atoms with Gasteiger partial charge in [-0.3, -0.25) is 4.79 Å². The molecule has 13 heavy (non-hydrogen) atoms. The van der Waals surface area contributed by atoms with Gasteiger partial charge in [-0.2, -0.15) is 0 Å². The fourth-order valence-electron chi connectivity index (χ4n) is 1.04. The molecular weight excluding hydrogens is 168 g/mol. The van der Waals surface area contributed by atoms with E-state index in [4.69, 9.17) is 16.6 Å². The zero-order valence-electron chi connectivity index (χ0n) is 7.05. The van der Waals surface area contributed by atoms with Gasteiger partial charge in [0.2, 0.25) is 0 Å². The zero-order valence-corrected chi connectivity index (χ0v) is 7.05. The van der Waals surface area contributed by atoms with Gasteiger partial charge in [0, 0.05) is 0 Å². The number of rotatable bonds is 3. The maximum Gasteiger partial charge on any atom is 0.322 e. The van der Waals surface area contributed by atoms with Crippen LogP contribution in [0.5, 0.6) is 0 Å². The third kappa shape index (κ3) is 2.27. The number of hydrogen-bond donors (Lipinski definition) is 3. The van der Waals surface area contributed by atoms with E-state index in [0.29, 0.717) is 0 Å². The summed E-state index contributed by atoms with van der Waals surface area (Å²) in [6.07, 6.45) is 0. The van der Waals surface area contributed by atoms with E-state index >= 15 is 0 Å². The van der Waals surface area contributed by atoms with E-state index in [2.05, 4.69) is 0 Å². The van der Waals surface area contributed by atoms with Crippen molar-refractivity contribution in [3.05, 3.63) is 35.9 Å². The van der Waals surface area contributed by atoms with Gasteiger partial charge in [0.15, 0.2) is 0 Å². The molecule has 2 atom stereocenters. The zero-order chi connectivity index (χ0) is 9.84. The Kier molecular flexibility index (Phi) is 3.00. The van der Waals surface area contributed by atoms with Crippen molar-refractivity contribution >= 4 is 5.97 Å². The number of hydrogen-bond acceptors (Lipinski definition) is 3. The predicted octanol–water partition coefficient (Wildman–Crippen LogP) is 0.0983. The molecular formula is C9H12N2O2. The van der Waals surface area contributed by atoms with Crippen molar-refractivity contribution in [2.24, 2.45) is 11.5 Å². The Morgan fingerprint density at radius 1 is 1.23 bits per heavy atom. The number of nitrogens with two attached hydrogens (primary N) is 2. The summed E-state index contributed by atoms with van der Waals surface area (Å²) in [5.41, 5.74) is 11.7. The topological polar surface area (TPSA) is 89.3 Å². The lowest BCUT2D eigenvalue weighted by atomic mass is 10.0. The van der Waals surface area contributed by atoms with Gasteiger partial charge in [0.05, 0.1) is 6.04 Å². The summed E-state index contributed by atoms with van der Waals surface area (Å²) >= 11 is 0. The summed E-state index contributed by atoms with van der Waals surface area (Å²) in [4.78, 5) is 10.5. The third-order valence-corrected chi connectivity index (χ3v) is 1.86. The van der Waals surface area contributed by atoms with E-state index in [1.54, 1.807) is 24.3 Å². The van der Waals surface area contributed by atoms with Gasteiger partial charge in [-0.05, 0) is 5.56 Å². The first kappa shape index (κ1) is 9.70. The predicted molar refractivity (Wildman–Crippen MR) is 49.0 cm³/mol. The summed E-state index contributed by atoms with van der Waals surface area (Å²) in [7, 11) is 0. The highest BCUT2D eigenvalue weighted by Crippen LogP contribution is 2.11. The molecule has 4 heteroatoms. The molecule has 1 aromatic rings. The van der Waals surface area contributed by atoms with Crippen molar-refractivity contribution in [1.82, 2.24) is 0 Å². The molecule has 0 aliphatic heterocycles. The van der Waals surface area contributed by atoms with Gasteiger partial charge in [0.25, 0.3) is 0 Å². The quantitative estimate of drug-likeness (QED) is 0.615.